The van der Waals surface area contributed by atoms with E-state index in [1.54, 1.807) is 0 Å². The molecule has 0 bridgehead atoms. The molecule has 0 saturated carbocycles. The van der Waals surface area contributed by atoms with Gasteiger partial charge < -0.3 is 4.90 Å². The predicted molar refractivity (Wildman–Crippen MR) is 72.8 cm³/mol. The normalized spacial score (nSPS) is 22.4. The third kappa shape index (κ3) is 4.01. The van der Waals surface area contributed by atoms with Crippen LogP contribution >= 0.6 is 0 Å². The Labute approximate surface area is 111 Å². The number of nitriles is 1. The van der Waals surface area contributed by atoms with E-state index >= 15 is 0 Å². The quantitative estimate of drug-likeness (QED) is 0.769. The molecule has 1 amide bonds. The molecule has 1 heterocycles. The molecule has 102 valence electrons. The van der Waals surface area contributed by atoms with Crippen LogP contribution in [0.4, 0.5) is 0 Å². The maximum absolute atomic E-state index is 12.3. The summed E-state index contributed by atoms with van der Waals surface area (Å²) < 4.78 is 0. The highest BCUT2D eigenvalue weighted by Crippen LogP contribution is 2.25. The van der Waals surface area contributed by atoms with Crippen molar-refractivity contribution in [2.24, 2.45) is 17.8 Å². The van der Waals surface area contributed by atoms with Crippen molar-refractivity contribution in [2.45, 2.75) is 52.9 Å². The minimum absolute atomic E-state index is 0.0590. The molecule has 1 rings (SSSR count). The number of likely N-dealkylation sites (tertiary alicyclic amines) is 1. The summed E-state index contributed by atoms with van der Waals surface area (Å²) in [5.74, 6) is 1.06. The van der Waals surface area contributed by atoms with Gasteiger partial charge in [0.1, 0.15) is 5.92 Å². The van der Waals surface area contributed by atoms with Gasteiger partial charge in [-0.3, -0.25) is 4.79 Å². The second kappa shape index (κ2) is 7.41. The number of hydrogen-bond donors (Lipinski definition) is 0. The summed E-state index contributed by atoms with van der Waals surface area (Å²) in [5, 5.41) is 9.07. The second-order valence-corrected chi connectivity index (χ2v) is 5.73. The minimum atomic E-state index is -0.425. The van der Waals surface area contributed by atoms with Gasteiger partial charge in [0, 0.05) is 13.1 Å². The molecule has 0 aromatic carbocycles. The highest BCUT2D eigenvalue weighted by atomic mass is 16.2. The molecular formula is C15H26N2O. The van der Waals surface area contributed by atoms with Gasteiger partial charge >= 0.3 is 0 Å². The molecule has 0 N–H and O–H groups in total. The van der Waals surface area contributed by atoms with Crippen LogP contribution in [0.15, 0.2) is 0 Å². The van der Waals surface area contributed by atoms with Gasteiger partial charge in [0.25, 0.3) is 0 Å². The van der Waals surface area contributed by atoms with Crippen LogP contribution in [-0.4, -0.2) is 23.9 Å². The van der Waals surface area contributed by atoms with E-state index in [2.05, 4.69) is 19.9 Å². The van der Waals surface area contributed by atoms with Gasteiger partial charge in [-0.1, -0.05) is 27.2 Å². The van der Waals surface area contributed by atoms with Crippen molar-refractivity contribution in [1.82, 2.24) is 4.90 Å². The molecule has 0 aromatic rings. The van der Waals surface area contributed by atoms with E-state index in [4.69, 9.17) is 5.26 Å². The van der Waals surface area contributed by atoms with Gasteiger partial charge in [-0.15, -0.1) is 0 Å². The summed E-state index contributed by atoms with van der Waals surface area (Å²) in [4.78, 5) is 14.2. The number of carbonyl (C=O) groups excluding carboxylic acids is 1. The van der Waals surface area contributed by atoms with Gasteiger partial charge in [0.05, 0.1) is 6.07 Å². The van der Waals surface area contributed by atoms with Crippen LogP contribution in [0, 0.1) is 29.1 Å². The smallest absolute Gasteiger partial charge is 0.239 e. The van der Waals surface area contributed by atoms with Crippen LogP contribution in [0.1, 0.15) is 52.9 Å². The molecule has 3 heteroatoms. The van der Waals surface area contributed by atoms with E-state index in [9.17, 15) is 4.79 Å². The Balaban J connectivity index is 2.57. The number of rotatable bonds is 4. The molecule has 1 saturated heterocycles. The summed E-state index contributed by atoms with van der Waals surface area (Å²) in [7, 11) is 0. The standard InChI is InChI=1S/C15H26N2O/c1-4-6-14(11-16)15(18)17-9-5-7-13(8-10-17)12(2)3/h12-14H,4-10H2,1-3H3. The van der Waals surface area contributed by atoms with Gasteiger partial charge in [-0.25, -0.2) is 0 Å². The summed E-state index contributed by atoms with van der Waals surface area (Å²) >= 11 is 0. The Morgan fingerprint density at radius 3 is 2.67 bits per heavy atom. The number of carbonyl (C=O) groups is 1. The molecular weight excluding hydrogens is 224 g/mol. The van der Waals surface area contributed by atoms with Crippen LogP contribution in [0.25, 0.3) is 0 Å². The third-order valence-electron chi connectivity index (χ3n) is 4.06. The van der Waals surface area contributed by atoms with Crippen molar-refractivity contribution >= 4 is 5.91 Å². The average molecular weight is 250 g/mol. The summed E-state index contributed by atoms with van der Waals surface area (Å²) in [5.41, 5.74) is 0. The Morgan fingerprint density at radius 1 is 1.39 bits per heavy atom. The zero-order chi connectivity index (χ0) is 13.5. The first-order valence-corrected chi connectivity index (χ1v) is 7.28. The van der Waals surface area contributed by atoms with Crippen LogP contribution in [-0.2, 0) is 4.79 Å². The van der Waals surface area contributed by atoms with Crippen LogP contribution in [0.3, 0.4) is 0 Å². The van der Waals surface area contributed by atoms with Gasteiger partial charge in [-0.2, -0.15) is 5.26 Å². The van der Waals surface area contributed by atoms with Crippen molar-refractivity contribution in [3.63, 3.8) is 0 Å². The first-order valence-electron chi connectivity index (χ1n) is 7.28. The fraction of sp³-hybridized carbons (Fsp3) is 0.867. The fourth-order valence-corrected chi connectivity index (χ4v) is 2.76. The van der Waals surface area contributed by atoms with E-state index in [0.29, 0.717) is 12.3 Å². The van der Waals surface area contributed by atoms with E-state index in [-0.39, 0.29) is 5.91 Å². The van der Waals surface area contributed by atoms with Crippen molar-refractivity contribution in [3.8, 4) is 6.07 Å². The molecule has 0 aromatic heterocycles. The number of nitrogens with zero attached hydrogens (tertiary/aromatic N) is 2. The summed E-state index contributed by atoms with van der Waals surface area (Å²) in [6, 6.07) is 2.16. The van der Waals surface area contributed by atoms with E-state index in [1.807, 2.05) is 11.8 Å². The fourth-order valence-electron chi connectivity index (χ4n) is 2.76. The average Bonchev–Trinajstić information content (AvgIpc) is 2.60. The van der Waals surface area contributed by atoms with E-state index in [1.165, 1.54) is 6.42 Å². The lowest BCUT2D eigenvalue weighted by molar-refractivity contribution is -0.133. The SMILES string of the molecule is CCCC(C#N)C(=O)N1CCCC(C(C)C)CC1. The number of amides is 1. The molecule has 1 fully saturated rings. The Morgan fingerprint density at radius 2 is 2.11 bits per heavy atom. The first kappa shape index (κ1) is 15.0. The topological polar surface area (TPSA) is 44.1 Å². The van der Waals surface area contributed by atoms with Crippen molar-refractivity contribution in [3.05, 3.63) is 0 Å². The lowest BCUT2D eigenvalue weighted by Gasteiger charge is -2.23. The first-order chi connectivity index (χ1) is 8.60. The Kier molecular flexibility index (Phi) is 6.18. The van der Waals surface area contributed by atoms with E-state index in [0.717, 1.165) is 38.3 Å². The zero-order valence-electron chi connectivity index (χ0n) is 12.0. The molecule has 1 aliphatic heterocycles. The highest BCUT2D eigenvalue weighted by Gasteiger charge is 2.26. The molecule has 0 radical (unpaired) electrons. The molecule has 0 spiro atoms. The van der Waals surface area contributed by atoms with Crippen LogP contribution in [0.2, 0.25) is 0 Å². The van der Waals surface area contributed by atoms with Gasteiger partial charge in [0.2, 0.25) is 5.91 Å². The third-order valence-corrected chi connectivity index (χ3v) is 4.06. The van der Waals surface area contributed by atoms with Crippen LogP contribution in [0.5, 0.6) is 0 Å². The zero-order valence-corrected chi connectivity index (χ0v) is 12.0. The molecule has 2 unspecified atom stereocenters. The summed E-state index contributed by atoms with van der Waals surface area (Å²) in [6.45, 7) is 8.22. The highest BCUT2D eigenvalue weighted by molar-refractivity contribution is 5.81. The molecule has 3 nitrogen and oxygen atoms in total. The van der Waals surface area contributed by atoms with Crippen molar-refractivity contribution in [2.75, 3.05) is 13.1 Å². The van der Waals surface area contributed by atoms with Gasteiger partial charge in [0.15, 0.2) is 0 Å². The van der Waals surface area contributed by atoms with Crippen molar-refractivity contribution in [1.29, 1.82) is 5.26 Å². The van der Waals surface area contributed by atoms with Crippen LogP contribution < -0.4 is 0 Å². The largest absolute Gasteiger partial charge is 0.342 e. The maximum Gasteiger partial charge on any atom is 0.239 e. The van der Waals surface area contributed by atoms with Crippen molar-refractivity contribution < 1.29 is 4.79 Å². The Hall–Kier alpha value is -1.04. The summed E-state index contributed by atoms with van der Waals surface area (Å²) in [6.07, 6.45) is 4.98. The molecule has 1 aliphatic rings. The Bertz CT molecular complexity index is 306. The molecule has 0 aliphatic carbocycles. The molecule has 2 atom stereocenters. The molecule has 18 heavy (non-hydrogen) atoms. The minimum Gasteiger partial charge on any atom is -0.342 e. The predicted octanol–water partition coefficient (Wildman–Crippen LogP) is 3.21. The van der Waals surface area contributed by atoms with Gasteiger partial charge in [-0.05, 0) is 37.5 Å². The lowest BCUT2D eigenvalue weighted by atomic mass is 9.89. The maximum atomic E-state index is 12.3. The number of hydrogen-bond acceptors (Lipinski definition) is 2. The van der Waals surface area contributed by atoms with E-state index < -0.39 is 5.92 Å². The monoisotopic (exact) mass is 250 g/mol. The lowest BCUT2D eigenvalue weighted by Crippen LogP contribution is -2.36. The second-order valence-electron chi connectivity index (χ2n) is 5.73.